The highest BCUT2D eigenvalue weighted by Gasteiger charge is 2.35. The lowest BCUT2D eigenvalue weighted by molar-refractivity contribution is -0.0222. The lowest BCUT2D eigenvalue weighted by atomic mass is 9.88. The Kier molecular flexibility index (Phi) is 4.59. The molecule has 3 heteroatoms. The van der Waals surface area contributed by atoms with Gasteiger partial charge >= 0.3 is 0 Å². The highest BCUT2D eigenvalue weighted by Crippen LogP contribution is 2.42. The topological polar surface area (TPSA) is 49.7 Å². The number of ether oxygens (including phenoxy) is 1. The van der Waals surface area contributed by atoms with Gasteiger partial charge in [-0.15, -0.1) is 0 Å². The summed E-state index contributed by atoms with van der Waals surface area (Å²) in [6.07, 6.45) is -0.922. The van der Waals surface area contributed by atoms with E-state index in [1.807, 2.05) is 30.3 Å². The summed E-state index contributed by atoms with van der Waals surface area (Å²) in [5.74, 6) is 6.65. The molecule has 0 radical (unpaired) electrons. The van der Waals surface area contributed by atoms with Gasteiger partial charge in [0.05, 0.1) is 18.8 Å². The molecule has 1 fully saturated rings. The zero-order chi connectivity index (χ0) is 21.7. The third kappa shape index (κ3) is 3.04. The molecule has 0 spiro atoms. The third-order valence-corrected chi connectivity index (χ3v) is 6.56. The van der Waals surface area contributed by atoms with Crippen molar-refractivity contribution >= 4 is 32.3 Å². The van der Waals surface area contributed by atoms with Crippen molar-refractivity contribution < 1.29 is 14.9 Å². The van der Waals surface area contributed by atoms with E-state index >= 15 is 0 Å². The molecule has 5 aromatic carbocycles. The summed E-state index contributed by atoms with van der Waals surface area (Å²) < 4.78 is 5.99. The molecule has 0 bridgehead atoms. The predicted molar refractivity (Wildman–Crippen MR) is 128 cm³/mol. The van der Waals surface area contributed by atoms with Crippen LogP contribution < -0.4 is 0 Å². The van der Waals surface area contributed by atoms with E-state index in [1.54, 1.807) is 0 Å². The van der Waals surface area contributed by atoms with Gasteiger partial charge in [0.15, 0.2) is 0 Å². The predicted octanol–water partition coefficient (Wildman–Crippen LogP) is 5.17. The first-order valence-electron chi connectivity index (χ1n) is 10.9. The Morgan fingerprint density at radius 2 is 1.47 bits per heavy atom. The number of benzene rings is 5. The summed E-state index contributed by atoms with van der Waals surface area (Å²) in [6, 6.07) is 27.1. The molecule has 0 aliphatic carbocycles. The Balaban J connectivity index is 1.55. The molecule has 2 N–H and O–H groups in total. The van der Waals surface area contributed by atoms with E-state index in [9.17, 15) is 10.2 Å². The molecule has 0 saturated carbocycles. The molecule has 1 aliphatic rings. The smallest absolute Gasteiger partial charge is 0.107 e. The number of hydrogen-bond acceptors (Lipinski definition) is 3. The Labute approximate surface area is 186 Å². The van der Waals surface area contributed by atoms with Crippen LogP contribution in [0.2, 0.25) is 0 Å². The molecule has 3 unspecified atom stereocenters. The van der Waals surface area contributed by atoms with Crippen LogP contribution in [-0.4, -0.2) is 29.0 Å². The highest BCUT2D eigenvalue weighted by molar-refractivity contribution is 6.24. The highest BCUT2D eigenvalue weighted by atomic mass is 16.5. The number of aliphatic hydroxyl groups is 2. The maximum absolute atomic E-state index is 10.3. The van der Waals surface area contributed by atoms with E-state index < -0.39 is 12.2 Å². The average Bonchev–Trinajstić information content (AvgIpc) is 3.22. The van der Waals surface area contributed by atoms with Gasteiger partial charge in [-0.25, -0.2) is 0 Å². The largest absolute Gasteiger partial charge is 0.394 e. The Morgan fingerprint density at radius 1 is 0.781 bits per heavy atom. The summed E-state index contributed by atoms with van der Waals surface area (Å²) in [5, 5.41) is 26.8. The van der Waals surface area contributed by atoms with Gasteiger partial charge in [-0.3, -0.25) is 0 Å². The third-order valence-electron chi connectivity index (χ3n) is 6.56. The monoisotopic (exact) mass is 418 g/mol. The van der Waals surface area contributed by atoms with Crippen LogP contribution in [0.1, 0.15) is 29.2 Å². The van der Waals surface area contributed by atoms with E-state index in [4.69, 9.17) is 4.74 Å². The van der Waals surface area contributed by atoms with Crippen LogP contribution in [0.25, 0.3) is 32.3 Å². The first-order valence-corrected chi connectivity index (χ1v) is 10.9. The van der Waals surface area contributed by atoms with Gasteiger partial charge in [0.2, 0.25) is 0 Å². The van der Waals surface area contributed by atoms with Crippen LogP contribution in [0.4, 0.5) is 0 Å². The average molecular weight is 418 g/mol. The molecule has 156 valence electrons. The molecule has 32 heavy (non-hydrogen) atoms. The lowest BCUT2D eigenvalue weighted by Crippen LogP contribution is -2.24. The van der Waals surface area contributed by atoms with Gasteiger partial charge < -0.3 is 14.9 Å². The van der Waals surface area contributed by atoms with E-state index in [-0.39, 0.29) is 12.7 Å². The maximum atomic E-state index is 10.3. The van der Waals surface area contributed by atoms with Crippen molar-refractivity contribution in [2.45, 2.75) is 24.7 Å². The molecule has 1 heterocycles. The number of hydrogen-bond donors (Lipinski definition) is 2. The summed E-state index contributed by atoms with van der Waals surface area (Å²) in [4.78, 5) is 0. The Bertz CT molecular complexity index is 1490. The van der Waals surface area contributed by atoms with Crippen LogP contribution in [0.15, 0.2) is 78.9 Å². The van der Waals surface area contributed by atoms with Crippen LogP contribution in [0, 0.1) is 11.8 Å². The normalized spacial score (nSPS) is 20.8. The Hall–Kier alpha value is -3.42. The molecule has 1 aliphatic heterocycles. The van der Waals surface area contributed by atoms with Crippen LogP contribution >= 0.6 is 0 Å². The fourth-order valence-corrected chi connectivity index (χ4v) is 4.97. The van der Waals surface area contributed by atoms with Crippen molar-refractivity contribution in [1.29, 1.82) is 0 Å². The van der Waals surface area contributed by atoms with Gasteiger partial charge in [-0.05, 0) is 56.1 Å². The molecule has 5 aromatic rings. The summed E-state index contributed by atoms with van der Waals surface area (Å²) in [5.41, 5.74) is 3.06. The SMILES string of the molecule is OCC1OC(c2ccc3ccc4c(C#Cc5ccccc5)ccc5ccc2c3c54)CC1O. The standard InChI is InChI=1S/C29H22O3/c30-17-27-25(31)16-26(32-27)23-14-11-21-10-13-22-19(7-6-18-4-2-1-3-5-18)8-9-20-12-15-24(23)29(21)28(20)22/h1-5,8-15,25-27,30-31H,16-17H2. The molecular weight excluding hydrogens is 396 g/mol. The summed E-state index contributed by atoms with van der Waals surface area (Å²) in [6.45, 7) is -0.174. The van der Waals surface area contributed by atoms with Gasteiger partial charge in [0.25, 0.3) is 0 Å². The van der Waals surface area contributed by atoms with Crippen molar-refractivity contribution in [3.63, 3.8) is 0 Å². The lowest BCUT2D eigenvalue weighted by Gasteiger charge is -2.18. The first kappa shape index (κ1) is 19.3. The van der Waals surface area contributed by atoms with E-state index in [0.29, 0.717) is 6.42 Å². The second-order valence-electron chi connectivity index (χ2n) is 8.46. The molecule has 3 nitrogen and oxygen atoms in total. The van der Waals surface area contributed by atoms with Crippen LogP contribution in [-0.2, 0) is 4.74 Å². The van der Waals surface area contributed by atoms with E-state index in [0.717, 1.165) is 27.5 Å². The van der Waals surface area contributed by atoms with Gasteiger partial charge in [0, 0.05) is 17.5 Å². The zero-order valence-electron chi connectivity index (χ0n) is 17.5. The minimum absolute atomic E-state index is 0.174. The van der Waals surface area contributed by atoms with E-state index in [1.165, 1.54) is 21.5 Å². The van der Waals surface area contributed by atoms with Gasteiger partial charge in [-0.1, -0.05) is 72.5 Å². The van der Waals surface area contributed by atoms with Gasteiger partial charge in [-0.2, -0.15) is 0 Å². The summed E-state index contributed by atoms with van der Waals surface area (Å²) in [7, 11) is 0. The molecule has 0 amide bonds. The van der Waals surface area contributed by atoms with Crippen molar-refractivity contribution in [3.05, 3.63) is 95.6 Å². The second kappa shape index (κ2) is 7.62. The minimum Gasteiger partial charge on any atom is -0.394 e. The Morgan fingerprint density at radius 3 is 2.22 bits per heavy atom. The second-order valence-corrected chi connectivity index (χ2v) is 8.46. The van der Waals surface area contributed by atoms with Crippen molar-refractivity contribution in [1.82, 2.24) is 0 Å². The maximum Gasteiger partial charge on any atom is 0.107 e. The van der Waals surface area contributed by atoms with Crippen molar-refractivity contribution in [2.24, 2.45) is 0 Å². The summed E-state index contributed by atoms with van der Waals surface area (Å²) >= 11 is 0. The molecule has 1 saturated heterocycles. The van der Waals surface area contributed by atoms with Gasteiger partial charge in [0.1, 0.15) is 6.10 Å². The number of aliphatic hydroxyl groups excluding tert-OH is 2. The molecule has 6 rings (SSSR count). The zero-order valence-corrected chi connectivity index (χ0v) is 17.5. The minimum atomic E-state index is -0.650. The first-order chi connectivity index (χ1) is 15.7. The van der Waals surface area contributed by atoms with Crippen molar-refractivity contribution in [2.75, 3.05) is 6.61 Å². The van der Waals surface area contributed by atoms with E-state index in [2.05, 4.69) is 60.4 Å². The fraction of sp³-hybridized carbons (Fsp3) is 0.172. The number of rotatable bonds is 2. The molecule has 0 aromatic heterocycles. The molecule has 3 atom stereocenters. The molecular formula is C29H22O3. The van der Waals surface area contributed by atoms with Crippen LogP contribution in [0.3, 0.4) is 0 Å². The quantitative estimate of drug-likeness (QED) is 0.307. The van der Waals surface area contributed by atoms with Crippen molar-refractivity contribution in [3.8, 4) is 11.8 Å². The van der Waals surface area contributed by atoms with Crippen LogP contribution in [0.5, 0.6) is 0 Å². The fourth-order valence-electron chi connectivity index (χ4n) is 4.97.